The molecule has 0 unspecified atom stereocenters. The summed E-state index contributed by atoms with van der Waals surface area (Å²) in [4.78, 5) is 11.8. The molecule has 0 bridgehead atoms. The van der Waals surface area contributed by atoms with Crippen molar-refractivity contribution in [3.63, 3.8) is 0 Å². The lowest BCUT2D eigenvalue weighted by atomic mass is 9.73. The van der Waals surface area contributed by atoms with Crippen LogP contribution in [0.1, 0.15) is 29.3 Å². The Kier molecular flexibility index (Phi) is 3.81. The number of fused-ring (bicyclic) bond motifs is 1. The minimum absolute atomic E-state index is 0.104. The molecule has 1 heterocycles. The van der Waals surface area contributed by atoms with Crippen LogP contribution < -0.4 is 10.8 Å². The Morgan fingerprint density at radius 2 is 2.41 bits per heavy atom. The summed E-state index contributed by atoms with van der Waals surface area (Å²) < 4.78 is 5.14. The molecule has 0 radical (unpaired) electrons. The van der Waals surface area contributed by atoms with E-state index in [1.807, 2.05) is 13.0 Å². The van der Waals surface area contributed by atoms with Gasteiger partial charge in [-0.2, -0.15) is 0 Å². The smallest absolute Gasteiger partial charge is 0.423 e. The monoisotopic (exact) mass is 233 g/mol. The Morgan fingerprint density at radius 1 is 1.59 bits per heavy atom. The van der Waals surface area contributed by atoms with Crippen LogP contribution in [0.15, 0.2) is 18.2 Å². The SMILES string of the molecule is CCCNC(=O)c1ccc2c(c1)B(O)OCC2. The first kappa shape index (κ1) is 12.1. The van der Waals surface area contributed by atoms with Gasteiger partial charge in [0.1, 0.15) is 0 Å². The largest absolute Gasteiger partial charge is 0.491 e. The summed E-state index contributed by atoms with van der Waals surface area (Å²) >= 11 is 0. The van der Waals surface area contributed by atoms with E-state index in [0.29, 0.717) is 24.2 Å². The summed E-state index contributed by atoms with van der Waals surface area (Å²) in [5.41, 5.74) is 2.33. The molecule has 5 heteroatoms. The molecule has 2 rings (SSSR count). The number of nitrogens with one attached hydrogen (secondary N) is 1. The fourth-order valence-electron chi connectivity index (χ4n) is 1.90. The van der Waals surface area contributed by atoms with E-state index in [4.69, 9.17) is 4.65 Å². The average molecular weight is 233 g/mol. The third-order valence-corrected chi connectivity index (χ3v) is 2.86. The maximum Gasteiger partial charge on any atom is 0.491 e. The second-order valence-corrected chi connectivity index (χ2v) is 4.14. The van der Waals surface area contributed by atoms with Crippen molar-refractivity contribution < 1.29 is 14.5 Å². The van der Waals surface area contributed by atoms with Crippen molar-refractivity contribution in [3.8, 4) is 0 Å². The molecular weight excluding hydrogens is 217 g/mol. The van der Waals surface area contributed by atoms with E-state index >= 15 is 0 Å². The molecule has 0 spiro atoms. The second kappa shape index (κ2) is 5.34. The van der Waals surface area contributed by atoms with Gasteiger partial charge in [-0.15, -0.1) is 0 Å². The van der Waals surface area contributed by atoms with E-state index < -0.39 is 7.12 Å². The Balaban J connectivity index is 2.20. The standard InChI is InChI=1S/C12H16BNO3/c1-2-6-14-12(15)10-4-3-9-5-7-17-13(16)11(9)8-10/h3-4,8,16H,2,5-7H2,1H3,(H,14,15). The lowest BCUT2D eigenvalue weighted by Gasteiger charge is -2.19. The first-order valence-corrected chi connectivity index (χ1v) is 5.93. The zero-order chi connectivity index (χ0) is 12.3. The molecule has 1 amide bonds. The van der Waals surface area contributed by atoms with Gasteiger partial charge in [-0.25, -0.2) is 0 Å². The van der Waals surface area contributed by atoms with E-state index in [2.05, 4.69) is 5.32 Å². The molecule has 0 aromatic heterocycles. The number of carbonyl (C=O) groups excluding carboxylic acids is 1. The Morgan fingerprint density at radius 3 is 3.18 bits per heavy atom. The molecule has 1 aliphatic heterocycles. The van der Waals surface area contributed by atoms with Gasteiger partial charge in [0.2, 0.25) is 0 Å². The first-order valence-electron chi connectivity index (χ1n) is 5.93. The van der Waals surface area contributed by atoms with E-state index in [0.717, 1.165) is 18.4 Å². The van der Waals surface area contributed by atoms with Crippen LogP contribution in [0, 0.1) is 0 Å². The van der Waals surface area contributed by atoms with Crippen LogP contribution in [-0.4, -0.2) is 31.2 Å². The summed E-state index contributed by atoms with van der Waals surface area (Å²) in [6, 6.07) is 5.40. The molecular formula is C12H16BNO3. The fraction of sp³-hybridized carbons (Fsp3) is 0.417. The average Bonchev–Trinajstić information content (AvgIpc) is 2.36. The van der Waals surface area contributed by atoms with Crippen molar-refractivity contribution in [1.82, 2.24) is 5.32 Å². The highest BCUT2D eigenvalue weighted by atomic mass is 16.5. The van der Waals surface area contributed by atoms with Crippen molar-refractivity contribution >= 4 is 18.5 Å². The Hall–Kier alpha value is -1.33. The molecule has 1 aromatic rings. The molecule has 0 atom stereocenters. The van der Waals surface area contributed by atoms with Crippen LogP contribution in [0.5, 0.6) is 0 Å². The number of amides is 1. The van der Waals surface area contributed by atoms with E-state index in [-0.39, 0.29) is 5.91 Å². The van der Waals surface area contributed by atoms with Crippen LogP contribution in [0.25, 0.3) is 0 Å². The van der Waals surface area contributed by atoms with Gasteiger partial charge in [0.25, 0.3) is 5.91 Å². The Labute approximate surface area is 101 Å². The van der Waals surface area contributed by atoms with Gasteiger partial charge in [0, 0.05) is 18.7 Å². The van der Waals surface area contributed by atoms with Crippen LogP contribution >= 0.6 is 0 Å². The van der Waals surface area contributed by atoms with Crippen molar-refractivity contribution in [1.29, 1.82) is 0 Å². The van der Waals surface area contributed by atoms with Crippen molar-refractivity contribution in [2.24, 2.45) is 0 Å². The van der Waals surface area contributed by atoms with Gasteiger partial charge >= 0.3 is 7.12 Å². The van der Waals surface area contributed by atoms with Crippen LogP contribution in [0.3, 0.4) is 0 Å². The van der Waals surface area contributed by atoms with E-state index in [1.54, 1.807) is 12.1 Å². The van der Waals surface area contributed by atoms with E-state index in [9.17, 15) is 9.82 Å². The molecule has 1 aliphatic rings. The number of hydrogen-bond acceptors (Lipinski definition) is 3. The lowest BCUT2D eigenvalue weighted by Crippen LogP contribution is -2.42. The zero-order valence-corrected chi connectivity index (χ0v) is 9.90. The second-order valence-electron chi connectivity index (χ2n) is 4.14. The van der Waals surface area contributed by atoms with Gasteiger partial charge in [0.05, 0.1) is 0 Å². The minimum Gasteiger partial charge on any atom is -0.423 e. The fourth-order valence-corrected chi connectivity index (χ4v) is 1.90. The molecule has 2 N–H and O–H groups in total. The molecule has 4 nitrogen and oxygen atoms in total. The van der Waals surface area contributed by atoms with Gasteiger partial charge in [-0.1, -0.05) is 13.0 Å². The molecule has 0 aliphatic carbocycles. The number of hydrogen-bond donors (Lipinski definition) is 2. The number of carbonyl (C=O) groups is 1. The minimum atomic E-state index is -0.905. The van der Waals surface area contributed by atoms with Crippen molar-refractivity contribution in [3.05, 3.63) is 29.3 Å². The molecule has 0 saturated carbocycles. The highest BCUT2D eigenvalue weighted by molar-refractivity contribution is 6.61. The normalized spacial score (nSPS) is 14.4. The summed E-state index contributed by atoms with van der Waals surface area (Å²) in [5.74, 6) is -0.104. The molecule has 1 aromatic carbocycles. The quantitative estimate of drug-likeness (QED) is 0.727. The maximum absolute atomic E-state index is 11.8. The summed E-state index contributed by atoms with van der Waals surface area (Å²) in [5, 5.41) is 12.5. The molecule has 0 fully saturated rings. The van der Waals surface area contributed by atoms with Crippen molar-refractivity contribution in [2.75, 3.05) is 13.2 Å². The first-order chi connectivity index (χ1) is 8.22. The molecule has 90 valence electrons. The number of rotatable bonds is 3. The van der Waals surface area contributed by atoms with Crippen LogP contribution in [0.2, 0.25) is 0 Å². The molecule has 17 heavy (non-hydrogen) atoms. The van der Waals surface area contributed by atoms with Gasteiger partial charge in [-0.05, 0) is 36.0 Å². The van der Waals surface area contributed by atoms with Gasteiger partial charge in [-0.3, -0.25) is 4.79 Å². The lowest BCUT2D eigenvalue weighted by molar-refractivity contribution is 0.0953. The Bertz CT molecular complexity index is 422. The summed E-state index contributed by atoms with van der Waals surface area (Å²) in [6.07, 6.45) is 1.69. The topological polar surface area (TPSA) is 58.6 Å². The van der Waals surface area contributed by atoms with Crippen LogP contribution in [0.4, 0.5) is 0 Å². The van der Waals surface area contributed by atoms with Crippen molar-refractivity contribution in [2.45, 2.75) is 19.8 Å². The van der Waals surface area contributed by atoms with E-state index in [1.165, 1.54) is 0 Å². The van der Waals surface area contributed by atoms with Crippen LogP contribution in [-0.2, 0) is 11.1 Å². The summed E-state index contributed by atoms with van der Waals surface area (Å²) in [7, 11) is -0.905. The predicted octanol–water partition coefficient (Wildman–Crippen LogP) is 0.0866. The highest BCUT2D eigenvalue weighted by Gasteiger charge is 2.25. The third kappa shape index (κ3) is 2.68. The highest BCUT2D eigenvalue weighted by Crippen LogP contribution is 2.09. The third-order valence-electron chi connectivity index (χ3n) is 2.86. The molecule has 0 saturated heterocycles. The maximum atomic E-state index is 11.8. The number of benzene rings is 1. The predicted molar refractivity (Wildman–Crippen MR) is 66.3 cm³/mol. The van der Waals surface area contributed by atoms with Gasteiger partial charge < -0.3 is 15.0 Å². The zero-order valence-electron chi connectivity index (χ0n) is 9.90. The van der Waals surface area contributed by atoms with Gasteiger partial charge in [0.15, 0.2) is 0 Å². The summed E-state index contributed by atoms with van der Waals surface area (Å²) in [6.45, 7) is 3.19.